The first-order valence-electron chi connectivity index (χ1n) is 8.16. The van der Waals surface area contributed by atoms with Crippen molar-refractivity contribution in [2.45, 2.75) is 19.4 Å². The molecule has 0 saturated heterocycles. The SMILES string of the molecule is COc1ccc2c(c1)CN1c3ccc(OC)cc3CN2C1N(C)C. The molecular formula is C19H23N3O2. The van der Waals surface area contributed by atoms with Crippen molar-refractivity contribution >= 4 is 11.4 Å². The molecule has 126 valence electrons. The van der Waals surface area contributed by atoms with Crippen LogP contribution in [0.4, 0.5) is 11.4 Å². The lowest BCUT2D eigenvalue weighted by Crippen LogP contribution is -2.61. The average Bonchev–Trinajstić information content (AvgIpc) is 2.60. The predicted molar refractivity (Wildman–Crippen MR) is 95.8 cm³/mol. The molecule has 2 aliphatic heterocycles. The molecule has 2 aromatic carbocycles. The van der Waals surface area contributed by atoms with Crippen molar-refractivity contribution in [2.24, 2.45) is 0 Å². The fourth-order valence-corrected chi connectivity index (χ4v) is 3.87. The van der Waals surface area contributed by atoms with Crippen LogP contribution in [0.3, 0.4) is 0 Å². The summed E-state index contributed by atoms with van der Waals surface area (Å²) in [6, 6.07) is 12.7. The molecule has 5 heteroatoms. The molecule has 0 N–H and O–H groups in total. The normalized spacial score (nSPS) is 16.0. The highest BCUT2D eigenvalue weighted by Gasteiger charge is 2.39. The molecule has 2 aliphatic rings. The van der Waals surface area contributed by atoms with Gasteiger partial charge in [-0.05, 0) is 61.6 Å². The van der Waals surface area contributed by atoms with Gasteiger partial charge in [0.1, 0.15) is 11.5 Å². The molecule has 0 unspecified atom stereocenters. The molecule has 0 radical (unpaired) electrons. The molecule has 2 heterocycles. The van der Waals surface area contributed by atoms with Crippen molar-refractivity contribution in [2.75, 3.05) is 38.1 Å². The van der Waals surface area contributed by atoms with Crippen LogP contribution in [0.15, 0.2) is 36.4 Å². The molecule has 0 fully saturated rings. The minimum absolute atomic E-state index is 0.215. The minimum Gasteiger partial charge on any atom is -0.497 e. The molecule has 5 nitrogen and oxygen atoms in total. The molecule has 2 bridgehead atoms. The smallest absolute Gasteiger partial charge is 0.160 e. The zero-order chi connectivity index (χ0) is 16.8. The summed E-state index contributed by atoms with van der Waals surface area (Å²) in [6.07, 6.45) is 0.215. The highest BCUT2D eigenvalue weighted by molar-refractivity contribution is 5.70. The van der Waals surface area contributed by atoms with E-state index in [1.807, 2.05) is 12.1 Å². The Labute approximate surface area is 143 Å². The number of anilines is 2. The maximum Gasteiger partial charge on any atom is 0.160 e. The Hall–Kier alpha value is -2.40. The third-order valence-electron chi connectivity index (χ3n) is 4.89. The molecule has 0 aliphatic carbocycles. The van der Waals surface area contributed by atoms with Gasteiger partial charge in [0, 0.05) is 24.5 Å². The first-order valence-corrected chi connectivity index (χ1v) is 8.16. The molecule has 0 saturated carbocycles. The molecule has 0 atom stereocenters. The number of methoxy groups -OCH3 is 2. The van der Waals surface area contributed by atoms with Crippen LogP contribution in [0.5, 0.6) is 11.5 Å². The van der Waals surface area contributed by atoms with Gasteiger partial charge in [0.15, 0.2) is 6.29 Å². The van der Waals surface area contributed by atoms with E-state index in [4.69, 9.17) is 9.47 Å². The molecule has 4 rings (SSSR count). The van der Waals surface area contributed by atoms with Crippen molar-refractivity contribution in [3.05, 3.63) is 47.5 Å². The Kier molecular flexibility index (Phi) is 3.53. The summed E-state index contributed by atoms with van der Waals surface area (Å²) in [5, 5.41) is 0. The van der Waals surface area contributed by atoms with Crippen LogP contribution in [-0.2, 0) is 13.1 Å². The van der Waals surface area contributed by atoms with Gasteiger partial charge in [0.05, 0.1) is 14.2 Å². The predicted octanol–water partition coefficient (Wildman–Crippen LogP) is 2.89. The number of hydrogen-bond acceptors (Lipinski definition) is 5. The Morgan fingerprint density at radius 2 is 1.29 bits per heavy atom. The lowest BCUT2D eigenvalue weighted by molar-refractivity contribution is 0.252. The average molecular weight is 325 g/mol. The quantitative estimate of drug-likeness (QED) is 0.865. The molecule has 0 aromatic heterocycles. The monoisotopic (exact) mass is 325 g/mol. The molecule has 24 heavy (non-hydrogen) atoms. The number of hydrogen-bond donors (Lipinski definition) is 0. The van der Waals surface area contributed by atoms with Gasteiger partial charge in [-0.1, -0.05) is 0 Å². The van der Waals surface area contributed by atoms with Gasteiger partial charge < -0.3 is 19.3 Å². The lowest BCUT2D eigenvalue weighted by Gasteiger charge is -2.53. The van der Waals surface area contributed by atoms with Gasteiger partial charge in [-0.3, -0.25) is 4.90 Å². The Morgan fingerprint density at radius 3 is 1.67 bits per heavy atom. The summed E-state index contributed by atoms with van der Waals surface area (Å²) in [6.45, 7) is 1.73. The maximum absolute atomic E-state index is 5.41. The van der Waals surface area contributed by atoms with Crippen LogP contribution in [0.1, 0.15) is 11.1 Å². The van der Waals surface area contributed by atoms with Crippen LogP contribution in [-0.4, -0.2) is 39.5 Å². The Balaban J connectivity index is 1.84. The van der Waals surface area contributed by atoms with Crippen molar-refractivity contribution in [3.63, 3.8) is 0 Å². The molecular weight excluding hydrogens is 302 g/mol. The van der Waals surface area contributed by atoms with E-state index in [0.717, 1.165) is 24.6 Å². The zero-order valence-electron chi connectivity index (χ0n) is 14.6. The van der Waals surface area contributed by atoms with E-state index in [0.29, 0.717) is 0 Å². The standard InChI is InChI=1S/C19H23N3O2/c1-20(2)19-21-11-13-9-15(23-3)5-7-17(13)22(19)12-14-10-16(24-4)6-8-18(14)21/h5-10,19H,11-12H2,1-4H3. The van der Waals surface area contributed by atoms with Crippen molar-refractivity contribution < 1.29 is 9.47 Å². The highest BCUT2D eigenvalue weighted by atomic mass is 16.5. The van der Waals surface area contributed by atoms with Gasteiger partial charge in [0.25, 0.3) is 0 Å². The van der Waals surface area contributed by atoms with Gasteiger partial charge in [-0.2, -0.15) is 0 Å². The van der Waals surface area contributed by atoms with Gasteiger partial charge in [0.2, 0.25) is 0 Å². The maximum atomic E-state index is 5.41. The fraction of sp³-hybridized carbons (Fsp3) is 0.368. The van der Waals surface area contributed by atoms with E-state index in [9.17, 15) is 0 Å². The molecule has 0 spiro atoms. The van der Waals surface area contributed by atoms with Crippen molar-refractivity contribution in [1.29, 1.82) is 0 Å². The first-order chi connectivity index (χ1) is 11.6. The Bertz CT molecular complexity index is 714. The minimum atomic E-state index is 0.215. The van der Waals surface area contributed by atoms with E-state index >= 15 is 0 Å². The van der Waals surface area contributed by atoms with Gasteiger partial charge >= 0.3 is 0 Å². The summed E-state index contributed by atoms with van der Waals surface area (Å²) in [5.74, 6) is 1.82. The third-order valence-corrected chi connectivity index (χ3v) is 4.89. The summed E-state index contributed by atoms with van der Waals surface area (Å²) in [7, 11) is 7.70. The summed E-state index contributed by atoms with van der Waals surface area (Å²) >= 11 is 0. The second-order valence-corrected chi connectivity index (χ2v) is 6.56. The molecule has 0 amide bonds. The summed E-state index contributed by atoms with van der Waals surface area (Å²) in [4.78, 5) is 7.15. The van der Waals surface area contributed by atoms with Crippen LogP contribution in [0, 0.1) is 0 Å². The highest BCUT2D eigenvalue weighted by Crippen LogP contribution is 2.43. The number of rotatable bonds is 3. The lowest BCUT2D eigenvalue weighted by atomic mass is 9.99. The third kappa shape index (κ3) is 2.19. The molecule has 2 aromatic rings. The van der Waals surface area contributed by atoms with Crippen molar-refractivity contribution in [3.8, 4) is 11.5 Å². The second-order valence-electron chi connectivity index (χ2n) is 6.56. The fourth-order valence-electron chi connectivity index (χ4n) is 3.87. The number of fused-ring (bicyclic) bond motifs is 6. The van der Waals surface area contributed by atoms with Crippen LogP contribution in [0.25, 0.3) is 0 Å². The van der Waals surface area contributed by atoms with Gasteiger partial charge in [-0.25, -0.2) is 0 Å². The van der Waals surface area contributed by atoms with Crippen LogP contribution >= 0.6 is 0 Å². The van der Waals surface area contributed by atoms with Crippen LogP contribution < -0.4 is 19.3 Å². The topological polar surface area (TPSA) is 28.2 Å². The van der Waals surface area contributed by atoms with Crippen molar-refractivity contribution in [1.82, 2.24) is 4.90 Å². The largest absolute Gasteiger partial charge is 0.497 e. The summed E-state index contributed by atoms with van der Waals surface area (Å²) < 4.78 is 10.8. The van der Waals surface area contributed by atoms with Gasteiger partial charge in [-0.15, -0.1) is 0 Å². The summed E-state index contributed by atoms with van der Waals surface area (Å²) in [5.41, 5.74) is 5.15. The number of ether oxygens (including phenoxy) is 2. The van der Waals surface area contributed by atoms with Crippen LogP contribution in [0.2, 0.25) is 0 Å². The van der Waals surface area contributed by atoms with E-state index < -0.39 is 0 Å². The van der Waals surface area contributed by atoms with E-state index in [1.54, 1.807) is 14.2 Å². The van der Waals surface area contributed by atoms with E-state index in [-0.39, 0.29) is 6.29 Å². The first kappa shape index (κ1) is 15.1. The zero-order valence-corrected chi connectivity index (χ0v) is 14.6. The number of nitrogens with zero attached hydrogens (tertiary/aromatic N) is 3. The van der Waals surface area contributed by atoms with E-state index in [1.165, 1.54) is 22.5 Å². The Morgan fingerprint density at radius 1 is 0.833 bits per heavy atom. The second kappa shape index (κ2) is 5.60. The van der Waals surface area contributed by atoms with E-state index in [2.05, 4.69) is 53.1 Å². The number of benzene rings is 2.